The summed E-state index contributed by atoms with van der Waals surface area (Å²) in [6.45, 7) is 0.621. The quantitative estimate of drug-likeness (QED) is 0.684. The zero-order valence-electron chi connectivity index (χ0n) is 15.1. The van der Waals surface area contributed by atoms with Crippen molar-refractivity contribution >= 4 is 11.4 Å². The van der Waals surface area contributed by atoms with Crippen LogP contribution in [-0.2, 0) is 0 Å². The highest BCUT2D eigenvalue weighted by Crippen LogP contribution is 2.44. The van der Waals surface area contributed by atoms with E-state index in [9.17, 15) is 0 Å². The molecule has 2 atom stereocenters. The van der Waals surface area contributed by atoms with Gasteiger partial charge in [-0.2, -0.15) is 5.10 Å². The Morgan fingerprint density at radius 2 is 1.67 bits per heavy atom. The average Bonchev–Trinajstić information content (AvgIpc) is 3.14. The van der Waals surface area contributed by atoms with E-state index in [-0.39, 0.29) is 12.0 Å². The molecule has 3 aromatic carbocycles. The Balaban J connectivity index is 1.62. The summed E-state index contributed by atoms with van der Waals surface area (Å²) in [5.41, 5.74) is 4.47. The Bertz CT molecular complexity index is 983. The molecule has 0 fully saturated rings. The second-order valence-corrected chi connectivity index (χ2v) is 6.80. The Morgan fingerprint density at radius 1 is 0.926 bits per heavy atom. The first kappa shape index (κ1) is 15.9. The average molecular weight is 356 g/mol. The van der Waals surface area contributed by atoms with Crippen LogP contribution in [0.5, 0.6) is 11.5 Å². The molecule has 0 aromatic heterocycles. The summed E-state index contributed by atoms with van der Waals surface area (Å²) in [4.78, 5) is 0. The molecule has 2 aliphatic heterocycles. The molecular formula is C23H20N2O2. The van der Waals surface area contributed by atoms with E-state index >= 15 is 0 Å². The van der Waals surface area contributed by atoms with Crippen LogP contribution >= 0.6 is 0 Å². The first-order valence-corrected chi connectivity index (χ1v) is 9.14. The smallest absolute Gasteiger partial charge is 0.128 e. The lowest BCUT2D eigenvalue weighted by molar-refractivity contribution is 0.260. The first-order chi connectivity index (χ1) is 13.3. The van der Waals surface area contributed by atoms with Crippen molar-refractivity contribution in [1.29, 1.82) is 0 Å². The van der Waals surface area contributed by atoms with Crippen molar-refractivity contribution in [3.63, 3.8) is 0 Å². The monoisotopic (exact) mass is 356 g/mol. The standard InChI is InChI=1S/C23H20N2O2/c1-26-18-13-11-16(12-14-18)23-20-15-27-21-10-6-5-9-19(21)22(20)24-25(23)17-7-3-2-4-8-17/h2-14,20,23H,15H2,1H3/t20-,23+/m1/s1. The van der Waals surface area contributed by atoms with Crippen molar-refractivity contribution in [2.45, 2.75) is 6.04 Å². The number of benzene rings is 3. The van der Waals surface area contributed by atoms with Gasteiger partial charge in [0.05, 0.1) is 37.1 Å². The van der Waals surface area contributed by atoms with Crippen LogP contribution in [0.3, 0.4) is 0 Å². The number of ether oxygens (including phenoxy) is 2. The number of hydrogen-bond donors (Lipinski definition) is 0. The van der Waals surface area contributed by atoms with Crippen molar-refractivity contribution < 1.29 is 9.47 Å². The molecule has 0 amide bonds. The van der Waals surface area contributed by atoms with Gasteiger partial charge in [0, 0.05) is 5.56 Å². The molecule has 5 rings (SSSR count). The van der Waals surface area contributed by atoms with Gasteiger partial charge < -0.3 is 9.47 Å². The highest BCUT2D eigenvalue weighted by atomic mass is 16.5. The highest BCUT2D eigenvalue weighted by molar-refractivity contribution is 6.07. The minimum Gasteiger partial charge on any atom is -0.497 e. The van der Waals surface area contributed by atoms with Gasteiger partial charge >= 0.3 is 0 Å². The van der Waals surface area contributed by atoms with Crippen LogP contribution in [0.1, 0.15) is 17.2 Å². The predicted molar refractivity (Wildman–Crippen MR) is 107 cm³/mol. The van der Waals surface area contributed by atoms with E-state index in [4.69, 9.17) is 14.6 Å². The summed E-state index contributed by atoms with van der Waals surface area (Å²) >= 11 is 0. The zero-order valence-corrected chi connectivity index (χ0v) is 15.1. The molecule has 3 aromatic rings. The van der Waals surface area contributed by atoms with Gasteiger partial charge in [0.25, 0.3) is 0 Å². The van der Waals surface area contributed by atoms with Crippen LogP contribution in [0, 0.1) is 5.92 Å². The Hall–Kier alpha value is -3.27. The van der Waals surface area contributed by atoms with Crippen LogP contribution < -0.4 is 14.5 Å². The molecule has 27 heavy (non-hydrogen) atoms. The Kier molecular flexibility index (Phi) is 3.82. The summed E-state index contributed by atoms with van der Waals surface area (Å²) < 4.78 is 11.4. The number of hydrazone groups is 1. The van der Waals surface area contributed by atoms with Crippen LogP contribution in [0.25, 0.3) is 0 Å². The summed E-state index contributed by atoms with van der Waals surface area (Å²) in [6, 6.07) is 26.8. The largest absolute Gasteiger partial charge is 0.497 e. The van der Waals surface area contributed by atoms with E-state index in [0.29, 0.717) is 6.61 Å². The third-order valence-corrected chi connectivity index (χ3v) is 5.27. The molecule has 0 aliphatic carbocycles. The fraction of sp³-hybridized carbons (Fsp3) is 0.174. The van der Waals surface area contributed by atoms with E-state index in [0.717, 1.165) is 28.5 Å². The second-order valence-electron chi connectivity index (χ2n) is 6.80. The summed E-state index contributed by atoms with van der Waals surface area (Å²) in [5, 5.41) is 7.19. The van der Waals surface area contributed by atoms with E-state index < -0.39 is 0 Å². The maximum Gasteiger partial charge on any atom is 0.128 e. The molecule has 4 heteroatoms. The number of anilines is 1. The fourth-order valence-corrected chi connectivity index (χ4v) is 3.95. The van der Waals surface area contributed by atoms with Crippen molar-refractivity contribution in [1.82, 2.24) is 0 Å². The van der Waals surface area contributed by atoms with Crippen LogP contribution in [0.2, 0.25) is 0 Å². The number of rotatable bonds is 3. The van der Waals surface area contributed by atoms with E-state index in [1.807, 2.05) is 48.5 Å². The fourth-order valence-electron chi connectivity index (χ4n) is 3.95. The van der Waals surface area contributed by atoms with E-state index in [1.165, 1.54) is 5.56 Å². The summed E-state index contributed by atoms with van der Waals surface area (Å²) in [7, 11) is 1.69. The normalized spacial score (nSPS) is 20.3. The molecule has 0 saturated heterocycles. The van der Waals surface area contributed by atoms with E-state index in [1.54, 1.807) is 7.11 Å². The lowest BCUT2D eigenvalue weighted by Crippen LogP contribution is -2.32. The number of para-hydroxylation sites is 2. The molecule has 0 unspecified atom stereocenters. The summed E-state index contributed by atoms with van der Waals surface area (Å²) in [6.07, 6.45) is 0. The minimum atomic E-state index is 0.0849. The van der Waals surface area contributed by atoms with Crippen molar-refractivity contribution in [3.8, 4) is 11.5 Å². The molecule has 0 radical (unpaired) electrons. The van der Waals surface area contributed by atoms with Gasteiger partial charge in [-0.15, -0.1) is 0 Å². The number of methoxy groups -OCH3 is 1. The van der Waals surface area contributed by atoms with Crippen LogP contribution in [0.15, 0.2) is 84.0 Å². The molecule has 0 spiro atoms. The molecule has 4 nitrogen and oxygen atoms in total. The molecule has 0 N–H and O–H groups in total. The second kappa shape index (κ2) is 6.47. The van der Waals surface area contributed by atoms with Gasteiger partial charge in [0.15, 0.2) is 0 Å². The van der Waals surface area contributed by atoms with Gasteiger partial charge in [-0.05, 0) is 42.0 Å². The van der Waals surface area contributed by atoms with E-state index in [2.05, 4.69) is 35.3 Å². The SMILES string of the molecule is COc1ccc([C@H]2[C@@H]3COc4ccccc4C3=NN2c2ccccc2)cc1. The minimum absolute atomic E-state index is 0.0849. The molecular weight excluding hydrogens is 336 g/mol. The van der Waals surface area contributed by atoms with Gasteiger partial charge in [0.2, 0.25) is 0 Å². The van der Waals surface area contributed by atoms with Gasteiger partial charge in [-0.1, -0.05) is 42.5 Å². The Morgan fingerprint density at radius 3 is 2.44 bits per heavy atom. The first-order valence-electron chi connectivity index (χ1n) is 9.14. The molecule has 2 heterocycles. The predicted octanol–water partition coefficient (Wildman–Crippen LogP) is 4.67. The maximum atomic E-state index is 6.09. The number of nitrogens with zero attached hydrogens (tertiary/aromatic N) is 2. The highest BCUT2D eigenvalue weighted by Gasteiger charge is 2.43. The van der Waals surface area contributed by atoms with Gasteiger partial charge in [0.1, 0.15) is 11.5 Å². The third-order valence-electron chi connectivity index (χ3n) is 5.27. The number of fused-ring (bicyclic) bond motifs is 3. The van der Waals surface area contributed by atoms with Crippen molar-refractivity contribution in [2.75, 3.05) is 18.7 Å². The van der Waals surface area contributed by atoms with Gasteiger partial charge in [-0.3, -0.25) is 5.01 Å². The maximum absolute atomic E-state index is 6.09. The number of hydrogen-bond acceptors (Lipinski definition) is 4. The molecule has 0 bridgehead atoms. The molecule has 134 valence electrons. The van der Waals surface area contributed by atoms with Crippen molar-refractivity contribution in [3.05, 3.63) is 90.0 Å². The lowest BCUT2D eigenvalue weighted by Gasteiger charge is -2.30. The molecule has 0 saturated carbocycles. The van der Waals surface area contributed by atoms with Gasteiger partial charge in [-0.25, -0.2) is 0 Å². The summed E-state index contributed by atoms with van der Waals surface area (Å²) in [5.74, 6) is 1.94. The molecule has 2 aliphatic rings. The van der Waals surface area contributed by atoms with Crippen LogP contribution in [0.4, 0.5) is 5.69 Å². The lowest BCUT2D eigenvalue weighted by atomic mass is 9.85. The zero-order chi connectivity index (χ0) is 18.2. The topological polar surface area (TPSA) is 34.1 Å². The third kappa shape index (κ3) is 2.65. The van der Waals surface area contributed by atoms with Crippen LogP contribution in [-0.4, -0.2) is 19.4 Å². The Labute approximate surface area is 158 Å². The van der Waals surface area contributed by atoms with Crippen molar-refractivity contribution in [2.24, 2.45) is 11.0 Å².